The van der Waals surface area contributed by atoms with Crippen LogP contribution in [0.2, 0.25) is 0 Å². The molecule has 0 N–H and O–H groups in total. The van der Waals surface area contributed by atoms with Crippen LogP contribution in [-0.2, 0) is 17.9 Å². The lowest BCUT2D eigenvalue weighted by atomic mass is 9.59. The van der Waals surface area contributed by atoms with E-state index in [2.05, 4.69) is 0 Å². The lowest BCUT2D eigenvalue weighted by molar-refractivity contribution is -0.745. The lowest BCUT2D eigenvalue weighted by Gasteiger charge is -2.46. The van der Waals surface area contributed by atoms with Crippen molar-refractivity contribution < 1.29 is 17.0 Å². The van der Waals surface area contributed by atoms with Crippen molar-refractivity contribution in [3.8, 4) is 16.8 Å². The second-order valence-electron chi connectivity index (χ2n) is 6.99. The zero-order chi connectivity index (χ0) is 25.5. The number of rotatable bonds is 1. The number of nitrogens with zero attached hydrogens (tertiary/aromatic N) is 2. The Morgan fingerprint density at radius 3 is 2.36 bits per heavy atom. The zero-order valence-corrected chi connectivity index (χ0v) is 14.6. The van der Waals surface area contributed by atoms with Gasteiger partial charge in [-0.05, 0) is 23.6 Å². The van der Waals surface area contributed by atoms with Gasteiger partial charge in [0.15, 0.2) is 7.05 Å². The second-order valence-corrected chi connectivity index (χ2v) is 6.99. The van der Waals surface area contributed by atoms with Crippen LogP contribution in [0.1, 0.15) is 56.6 Å². The Hall–Kier alpha value is -2.35. The van der Waals surface area contributed by atoms with Crippen LogP contribution < -0.4 is 4.68 Å². The molecule has 0 spiro atoms. The van der Waals surface area contributed by atoms with E-state index < -0.39 is 31.4 Å². The monoisotopic (exact) mass is 340 g/mol. The molecule has 0 bridgehead atoms. The van der Waals surface area contributed by atoms with E-state index in [1.807, 2.05) is 6.07 Å². The van der Waals surface area contributed by atoms with Gasteiger partial charge in [-0.2, -0.15) is 0 Å². The fraction of sp³-hybridized carbons (Fsp3) is 0.348. The highest BCUT2D eigenvalue weighted by molar-refractivity contribution is 5.70. The third-order valence-electron chi connectivity index (χ3n) is 5.26. The van der Waals surface area contributed by atoms with Crippen molar-refractivity contribution >= 4 is 0 Å². The van der Waals surface area contributed by atoms with Gasteiger partial charge in [0.1, 0.15) is 11.4 Å². The fourth-order valence-corrected chi connectivity index (χ4v) is 3.85. The van der Waals surface area contributed by atoms with Crippen molar-refractivity contribution in [3.05, 3.63) is 71.5 Å². The van der Waals surface area contributed by atoms with Crippen LogP contribution in [0.5, 0.6) is 0 Å². The predicted molar refractivity (Wildman–Crippen MR) is 103 cm³/mol. The maximum Gasteiger partial charge on any atom is 0.203 e. The molecule has 0 saturated heterocycles. The quantitative estimate of drug-likeness (QED) is 0.560. The molecule has 1 aliphatic heterocycles. The van der Waals surface area contributed by atoms with Gasteiger partial charge in [-0.1, -0.05) is 76.0 Å². The van der Waals surface area contributed by atoms with Gasteiger partial charge in [0.25, 0.3) is 0 Å². The minimum Gasteiger partial charge on any atom is -0.124 e. The molecule has 1 unspecified atom stereocenters. The maximum absolute atomic E-state index is 8.64. The van der Waals surface area contributed by atoms with Crippen molar-refractivity contribution in [1.29, 1.82) is 0 Å². The summed E-state index contributed by atoms with van der Waals surface area (Å²) in [6.45, 7) is -6.28. The molecule has 0 radical (unpaired) electrons. The highest BCUT2D eigenvalue weighted by Gasteiger charge is 2.51. The van der Waals surface area contributed by atoms with Crippen LogP contribution in [0.3, 0.4) is 0 Å². The SMILES string of the molecule is [2H]C([2H])([2H])C1(C)c2c(-c3ccccc3)c[n+](C)n2-c2c(C)cccc2C1(C([2H])([2H])[2H])C([2H])([2H])[2H]. The lowest BCUT2D eigenvalue weighted by Crippen LogP contribution is -2.51. The molecule has 2 nitrogen and oxygen atoms in total. The van der Waals surface area contributed by atoms with E-state index in [9.17, 15) is 0 Å². The Morgan fingerprint density at radius 2 is 1.68 bits per heavy atom. The molecule has 1 aliphatic rings. The van der Waals surface area contributed by atoms with E-state index >= 15 is 0 Å². The molecule has 25 heavy (non-hydrogen) atoms. The first-order valence-corrected chi connectivity index (χ1v) is 8.30. The zero-order valence-electron chi connectivity index (χ0n) is 23.6. The molecule has 3 aromatic rings. The van der Waals surface area contributed by atoms with E-state index in [0.29, 0.717) is 22.4 Å². The summed E-state index contributed by atoms with van der Waals surface area (Å²) >= 11 is 0. The number of hydrogen-bond donors (Lipinski definition) is 0. The van der Waals surface area contributed by atoms with E-state index in [-0.39, 0.29) is 11.3 Å². The summed E-state index contributed by atoms with van der Waals surface area (Å²) in [5, 5.41) is 0. The van der Waals surface area contributed by atoms with Gasteiger partial charge < -0.3 is 0 Å². The first kappa shape index (κ1) is 8.84. The standard InChI is InChI=1S/C23H27N2/c1-16-11-10-14-19-20(16)25-21(23(4,5)22(19,2)3)18(15-24(25)6)17-12-8-7-9-13-17/h7-15H,1-6H3/q+1/i2D3,3D3,4D3. The number of aromatic nitrogens is 2. The van der Waals surface area contributed by atoms with Crippen molar-refractivity contribution in [1.82, 2.24) is 4.68 Å². The summed E-state index contributed by atoms with van der Waals surface area (Å²) in [5.41, 5.74) is -2.68. The van der Waals surface area contributed by atoms with Gasteiger partial charge in [0, 0.05) is 23.2 Å². The average molecular weight is 341 g/mol. The molecule has 1 aromatic heterocycles. The molecular weight excluding hydrogens is 304 g/mol. The maximum atomic E-state index is 8.64. The first-order chi connectivity index (χ1) is 15.5. The summed E-state index contributed by atoms with van der Waals surface area (Å²) < 4.78 is 80.9. The Labute approximate surface area is 163 Å². The Morgan fingerprint density at radius 1 is 0.960 bits per heavy atom. The topological polar surface area (TPSA) is 8.81 Å². The molecule has 2 aromatic carbocycles. The Bertz CT molecular complexity index is 1240. The first-order valence-electron chi connectivity index (χ1n) is 12.8. The number of aryl methyl sites for hydroxylation is 2. The molecule has 0 aliphatic carbocycles. The van der Waals surface area contributed by atoms with Gasteiger partial charge in [0.2, 0.25) is 6.20 Å². The van der Waals surface area contributed by atoms with Crippen LogP contribution in [-0.4, -0.2) is 4.68 Å². The molecule has 2 heterocycles. The highest BCUT2D eigenvalue weighted by atomic mass is 15.4. The number of para-hydroxylation sites is 1. The van der Waals surface area contributed by atoms with Gasteiger partial charge in [-0.25, -0.2) is 0 Å². The third kappa shape index (κ3) is 2.00. The third-order valence-corrected chi connectivity index (χ3v) is 5.26. The number of fused-ring (bicyclic) bond motifs is 3. The molecule has 1 atom stereocenters. The fourth-order valence-electron chi connectivity index (χ4n) is 3.85. The van der Waals surface area contributed by atoms with Crippen molar-refractivity contribution in [2.24, 2.45) is 7.05 Å². The summed E-state index contributed by atoms with van der Waals surface area (Å²) in [5.74, 6) is 0. The normalized spacial score (nSPS) is 27.7. The highest BCUT2D eigenvalue weighted by Crippen LogP contribution is 2.52. The molecule has 128 valence electrons. The van der Waals surface area contributed by atoms with E-state index in [1.165, 1.54) is 13.0 Å². The summed E-state index contributed by atoms with van der Waals surface area (Å²) in [4.78, 5) is 0. The van der Waals surface area contributed by atoms with Crippen LogP contribution in [0.25, 0.3) is 16.8 Å². The van der Waals surface area contributed by atoms with E-state index in [1.54, 1.807) is 65.9 Å². The molecule has 0 amide bonds. The van der Waals surface area contributed by atoms with Gasteiger partial charge in [0.05, 0.1) is 5.56 Å². The van der Waals surface area contributed by atoms with E-state index in [4.69, 9.17) is 12.3 Å². The largest absolute Gasteiger partial charge is 0.203 e. The van der Waals surface area contributed by atoms with Gasteiger partial charge >= 0.3 is 0 Å². The number of hydrogen-bond acceptors (Lipinski definition) is 0. The summed E-state index contributed by atoms with van der Waals surface area (Å²) in [7, 11) is 1.74. The van der Waals surface area contributed by atoms with Crippen LogP contribution in [0.4, 0.5) is 0 Å². The van der Waals surface area contributed by atoms with E-state index in [0.717, 1.165) is 0 Å². The smallest absolute Gasteiger partial charge is 0.124 e. The van der Waals surface area contributed by atoms with Crippen molar-refractivity contribution in [2.45, 2.75) is 45.2 Å². The summed E-state index contributed by atoms with van der Waals surface area (Å²) in [6.07, 6.45) is 1.74. The second kappa shape index (κ2) is 5.08. The van der Waals surface area contributed by atoms with Crippen molar-refractivity contribution in [2.75, 3.05) is 0 Å². The van der Waals surface area contributed by atoms with Gasteiger partial charge in [-0.15, -0.1) is 9.36 Å². The Kier molecular flexibility index (Phi) is 1.80. The molecule has 2 heteroatoms. The summed E-state index contributed by atoms with van der Waals surface area (Å²) in [6, 6.07) is 13.8. The predicted octanol–water partition coefficient (Wildman–Crippen LogP) is 4.85. The van der Waals surface area contributed by atoms with Crippen LogP contribution >= 0.6 is 0 Å². The van der Waals surface area contributed by atoms with Crippen molar-refractivity contribution in [3.63, 3.8) is 0 Å². The number of benzene rings is 2. The average Bonchev–Trinajstić information content (AvgIpc) is 3.04. The molecule has 0 fully saturated rings. The molecular formula is C23H27N2+. The van der Waals surface area contributed by atoms with Crippen LogP contribution in [0.15, 0.2) is 54.7 Å². The minimum atomic E-state index is -3.17. The van der Waals surface area contributed by atoms with Crippen LogP contribution in [0, 0.1) is 6.92 Å². The molecule has 0 saturated carbocycles. The van der Waals surface area contributed by atoms with Gasteiger partial charge in [-0.3, -0.25) is 0 Å². The Balaban J connectivity index is 2.37. The minimum absolute atomic E-state index is 0.00978. The molecule has 4 rings (SSSR count).